The number of hydrogen-bond donors (Lipinski definition) is 0. The Bertz CT molecular complexity index is 605. The van der Waals surface area contributed by atoms with Crippen molar-refractivity contribution in [1.82, 2.24) is 24.5 Å². The van der Waals surface area contributed by atoms with Crippen LogP contribution < -0.4 is 0 Å². The van der Waals surface area contributed by atoms with Crippen LogP contribution in [0.3, 0.4) is 0 Å². The van der Waals surface area contributed by atoms with Gasteiger partial charge in [0.1, 0.15) is 19.0 Å². The van der Waals surface area contributed by atoms with Crippen LogP contribution >= 0.6 is 0 Å². The number of nitrogens with zero attached hydrogens (tertiary/aromatic N) is 5. The van der Waals surface area contributed by atoms with E-state index in [1.54, 1.807) is 24.9 Å². The molecule has 2 aromatic rings. The molecule has 2 rings (SSSR count). The van der Waals surface area contributed by atoms with Crippen molar-refractivity contribution in [3.8, 4) is 0 Å². The van der Waals surface area contributed by atoms with Gasteiger partial charge in [-0.25, -0.2) is 14.5 Å². The zero-order valence-electron chi connectivity index (χ0n) is 12.4. The summed E-state index contributed by atoms with van der Waals surface area (Å²) in [5.74, 6) is 0.374. The second-order valence-corrected chi connectivity index (χ2v) is 4.44. The molecule has 0 fully saturated rings. The Morgan fingerprint density at radius 3 is 2.90 bits per heavy atom. The average Bonchev–Trinajstić information content (AvgIpc) is 3.07. The fourth-order valence-electron chi connectivity index (χ4n) is 1.90. The van der Waals surface area contributed by atoms with Gasteiger partial charge in [-0.3, -0.25) is 0 Å². The average molecular weight is 293 g/mol. The van der Waals surface area contributed by atoms with Crippen LogP contribution in [0.15, 0.2) is 12.4 Å². The predicted molar refractivity (Wildman–Crippen MR) is 73.9 cm³/mol. The largest absolute Gasteiger partial charge is 0.458 e. The number of rotatable bonds is 7. The van der Waals surface area contributed by atoms with E-state index in [0.29, 0.717) is 18.8 Å². The molecule has 0 saturated carbocycles. The molecule has 0 spiro atoms. The van der Waals surface area contributed by atoms with Gasteiger partial charge >= 0.3 is 5.97 Å². The van der Waals surface area contributed by atoms with Gasteiger partial charge in [0.2, 0.25) is 0 Å². The maximum atomic E-state index is 11.9. The maximum absolute atomic E-state index is 11.9. The lowest BCUT2D eigenvalue weighted by Crippen LogP contribution is -2.13. The number of methoxy groups -OCH3 is 1. The zero-order valence-corrected chi connectivity index (χ0v) is 12.4. The molecule has 114 valence electrons. The summed E-state index contributed by atoms with van der Waals surface area (Å²) in [5.41, 5.74) is 0.878. The Morgan fingerprint density at radius 2 is 2.19 bits per heavy atom. The van der Waals surface area contributed by atoms with Crippen LogP contribution in [0.25, 0.3) is 0 Å². The van der Waals surface area contributed by atoms with Crippen LogP contribution in [0, 0.1) is 6.92 Å². The van der Waals surface area contributed by atoms with E-state index in [9.17, 15) is 4.79 Å². The first-order valence-corrected chi connectivity index (χ1v) is 6.73. The zero-order chi connectivity index (χ0) is 15.2. The lowest BCUT2D eigenvalue weighted by Gasteiger charge is -2.06. The lowest BCUT2D eigenvalue weighted by atomic mass is 10.3. The van der Waals surface area contributed by atoms with E-state index >= 15 is 0 Å². The number of imidazole rings is 1. The molecule has 0 aliphatic carbocycles. The van der Waals surface area contributed by atoms with E-state index in [1.165, 1.54) is 0 Å². The Labute approximate surface area is 122 Å². The molecule has 0 unspecified atom stereocenters. The summed E-state index contributed by atoms with van der Waals surface area (Å²) < 4.78 is 13.5. The van der Waals surface area contributed by atoms with Gasteiger partial charge < -0.3 is 14.0 Å². The summed E-state index contributed by atoms with van der Waals surface area (Å²) >= 11 is 0. The maximum Gasteiger partial charge on any atom is 0.360 e. The van der Waals surface area contributed by atoms with Crippen molar-refractivity contribution >= 4 is 5.97 Å². The van der Waals surface area contributed by atoms with Crippen molar-refractivity contribution in [3.05, 3.63) is 29.6 Å². The fraction of sp³-hybridized carbons (Fsp3) is 0.538. The third kappa shape index (κ3) is 3.46. The number of ether oxygens (including phenoxy) is 2. The first-order valence-electron chi connectivity index (χ1n) is 6.73. The highest BCUT2D eigenvalue weighted by molar-refractivity contribution is 5.88. The second kappa shape index (κ2) is 6.98. The molecular weight excluding hydrogens is 274 g/mol. The molecule has 0 radical (unpaired) electrons. The lowest BCUT2D eigenvalue weighted by molar-refractivity contribution is 0.0380. The number of aromatic nitrogens is 5. The molecule has 0 aromatic carbocycles. The van der Waals surface area contributed by atoms with Crippen molar-refractivity contribution in [1.29, 1.82) is 0 Å². The van der Waals surface area contributed by atoms with Crippen molar-refractivity contribution in [3.63, 3.8) is 0 Å². The number of esters is 1. The van der Waals surface area contributed by atoms with Crippen LogP contribution in [0.5, 0.6) is 0 Å². The second-order valence-electron chi connectivity index (χ2n) is 4.44. The summed E-state index contributed by atoms with van der Waals surface area (Å²) in [7, 11) is 1.55. The normalized spacial score (nSPS) is 10.8. The minimum Gasteiger partial charge on any atom is -0.458 e. The molecule has 0 saturated heterocycles. The standard InChI is InChI=1S/C13H19N5O3/c1-4-17-6-5-14-11(17)9-18-10(2)12(15-16-18)13(19)21-8-7-20-3/h5-6H,4,7-9H2,1-3H3. The number of carbonyl (C=O) groups is 1. The molecular formula is C13H19N5O3. The summed E-state index contributed by atoms with van der Waals surface area (Å²) in [4.78, 5) is 16.1. The van der Waals surface area contributed by atoms with Gasteiger partial charge in [-0.05, 0) is 13.8 Å². The molecule has 21 heavy (non-hydrogen) atoms. The van der Waals surface area contributed by atoms with Gasteiger partial charge in [-0.1, -0.05) is 5.21 Å². The van der Waals surface area contributed by atoms with Crippen LogP contribution in [-0.2, 0) is 22.6 Å². The molecule has 0 aliphatic heterocycles. The highest BCUT2D eigenvalue weighted by Crippen LogP contribution is 2.08. The van der Waals surface area contributed by atoms with E-state index in [-0.39, 0.29) is 12.3 Å². The molecule has 8 nitrogen and oxygen atoms in total. The van der Waals surface area contributed by atoms with Crippen LogP contribution in [0.2, 0.25) is 0 Å². The third-order valence-corrected chi connectivity index (χ3v) is 3.13. The first kappa shape index (κ1) is 15.2. The van der Waals surface area contributed by atoms with Crippen LogP contribution in [0.4, 0.5) is 0 Å². The Kier molecular flexibility index (Phi) is 5.04. The van der Waals surface area contributed by atoms with Gasteiger partial charge in [-0.15, -0.1) is 5.10 Å². The molecule has 0 amide bonds. The van der Waals surface area contributed by atoms with Crippen molar-refractivity contribution in [2.45, 2.75) is 26.9 Å². The van der Waals surface area contributed by atoms with Gasteiger partial charge in [-0.2, -0.15) is 0 Å². The van der Waals surface area contributed by atoms with E-state index in [2.05, 4.69) is 15.3 Å². The summed E-state index contributed by atoms with van der Waals surface area (Å²) in [6.07, 6.45) is 3.65. The summed E-state index contributed by atoms with van der Waals surface area (Å²) in [6, 6.07) is 0. The minimum atomic E-state index is -0.491. The first-order chi connectivity index (χ1) is 10.2. The predicted octanol–water partition coefficient (Wildman–Crippen LogP) is 0.654. The summed E-state index contributed by atoms with van der Waals surface area (Å²) in [6.45, 7) is 5.67. The highest BCUT2D eigenvalue weighted by Gasteiger charge is 2.18. The number of aryl methyl sites for hydroxylation is 1. The number of hydrogen-bond acceptors (Lipinski definition) is 6. The Hall–Kier alpha value is -2.22. The quantitative estimate of drug-likeness (QED) is 0.550. The Balaban J connectivity index is 2.08. The molecule has 2 aromatic heterocycles. The third-order valence-electron chi connectivity index (χ3n) is 3.13. The SMILES string of the molecule is CCn1ccnc1Cn1nnc(C(=O)OCCOC)c1C. The van der Waals surface area contributed by atoms with Crippen molar-refractivity contribution < 1.29 is 14.3 Å². The van der Waals surface area contributed by atoms with Gasteiger partial charge in [0, 0.05) is 26.0 Å². The van der Waals surface area contributed by atoms with Gasteiger partial charge in [0.25, 0.3) is 0 Å². The van der Waals surface area contributed by atoms with E-state index in [4.69, 9.17) is 9.47 Å². The number of carbonyl (C=O) groups excluding carboxylic acids is 1. The van der Waals surface area contributed by atoms with E-state index in [1.807, 2.05) is 17.7 Å². The van der Waals surface area contributed by atoms with Crippen molar-refractivity contribution in [2.24, 2.45) is 0 Å². The highest BCUT2D eigenvalue weighted by atomic mass is 16.6. The van der Waals surface area contributed by atoms with Crippen LogP contribution in [0.1, 0.15) is 28.9 Å². The molecule has 0 aliphatic rings. The monoisotopic (exact) mass is 293 g/mol. The van der Waals surface area contributed by atoms with Gasteiger partial charge in [0.15, 0.2) is 5.69 Å². The Morgan fingerprint density at radius 1 is 1.38 bits per heavy atom. The molecule has 0 atom stereocenters. The summed E-state index contributed by atoms with van der Waals surface area (Å²) in [5, 5.41) is 7.89. The molecule has 2 heterocycles. The molecule has 0 bridgehead atoms. The van der Waals surface area contributed by atoms with Crippen molar-refractivity contribution in [2.75, 3.05) is 20.3 Å². The van der Waals surface area contributed by atoms with Crippen LogP contribution in [-0.4, -0.2) is 50.8 Å². The minimum absolute atomic E-state index is 0.196. The van der Waals surface area contributed by atoms with E-state index < -0.39 is 5.97 Å². The molecule has 8 heteroatoms. The topological polar surface area (TPSA) is 84.1 Å². The molecule has 0 N–H and O–H groups in total. The van der Waals surface area contributed by atoms with Gasteiger partial charge in [0.05, 0.1) is 12.3 Å². The fourth-order valence-corrected chi connectivity index (χ4v) is 1.90. The smallest absolute Gasteiger partial charge is 0.360 e. The van der Waals surface area contributed by atoms with E-state index in [0.717, 1.165) is 12.4 Å².